The molecule has 1 saturated carbocycles. The predicted molar refractivity (Wildman–Crippen MR) is 111 cm³/mol. The van der Waals surface area contributed by atoms with Gasteiger partial charge in [0.25, 0.3) is 0 Å². The molecule has 8 heteroatoms. The van der Waals surface area contributed by atoms with Crippen molar-refractivity contribution in [1.82, 2.24) is 0 Å². The highest BCUT2D eigenvalue weighted by molar-refractivity contribution is 5.67. The highest BCUT2D eigenvalue weighted by Gasteiger charge is 2.49. The van der Waals surface area contributed by atoms with Crippen LogP contribution in [0, 0.1) is 5.92 Å². The number of aryl methyl sites for hydroxylation is 1. The number of hydrogen-bond acceptors (Lipinski definition) is 5. The minimum absolute atomic E-state index is 0.0379. The molecule has 0 saturated heterocycles. The van der Waals surface area contributed by atoms with Crippen molar-refractivity contribution >= 4 is 5.97 Å². The summed E-state index contributed by atoms with van der Waals surface area (Å²) >= 11 is 0. The number of halogens is 2. The quantitative estimate of drug-likeness (QED) is 0.537. The molecule has 0 spiro atoms. The van der Waals surface area contributed by atoms with Crippen molar-refractivity contribution in [2.24, 2.45) is 5.92 Å². The molecule has 0 amide bonds. The molecule has 0 bridgehead atoms. The number of aliphatic hydroxyl groups is 2. The van der Waals surface area contributed by atoms with Crippen molar-refractivity contribution in [2.45, 2.75) is 49.6 Å². The van der Waals surface area contributed by atoms with Crippen LogP contribution in [0.5, 0.6) is 11.5 Å². The van der Waals surface area contributed by atoms with Gasteiger partial charge in [0, 0.05) is 30.2 Å². The molecule has 6 nitrogen and oxygen atoms in total. The molecule has 1 fully saturated rings. The zero-order valence-corrected chi connectivity index (χ0v) is 17.1. The zero-order chi connectivity index (χ0) is 22.9. The molecule has 1 aliphatic heterocycles. The minimum Gasteiger partial charge on any atom is -0.489 e. The lowest BCUT2D eigenvalue weighted by Gasteiger charge is -2.22. The van der Waals surface area contributed by atoms with Gasteiger partial charge in [-0.2, -0.15) is 8.78 Å². The van der Waals surface area contributed by atoms with Crippen LogP contribution in [0.15, 0.2) is 60.7 Å². The first-order chi connectivity index (χ1) is 15.3. The Morgan fingerprint density at radius 3 is 2.69 bits per heavy atom. The summed E-state index contributed by atoms with van der Waals surface area (Å²) in [6.45, 7) is 0. The minimum atomic E-state index is -3.85. The lowest BCUT2D eigenvalue weighted by Crippen LogP contribution is -2.38. The van der Waals surface area contributed by atoms with E-state index in [1.165, 1.54) is 18.2 Å². The fraction of sp³-hybridized carbons (Fsp3) is 0.375. The number of ether oxygens (including phenoxy) is 2. The SMILES string of the molecule is O=C(O)CCc1cccc2c1O[C@H]1C[C@@H](O)[C@H](C=C[C@@H](O)C(F)(F)Oc3ccccc3)[C@@H]21. The van der Waals surface area contributed by atoms with E-state index in [9.17, 15) is 23.8 Å². The average Bonchev–Trinajstić information content (AvgIpc) is 3.25. The van der Waals surface area contributed by atoms with Crippen LogP contribution in [0.25, 0.3) is 0 Å². The van der Waals surface area contributed by atoms with E-state index in [2.05, 4.69) is 4.74 Å². The molecule has 0 aromatic heterocycles. The van der Waals surface area contributed by atoms with E-state index in [0.717, 1.165) is 17.2 Å². The maximum absolute atomic E-state index is 14.3. The summed E-state index contributed by atoms with van der Waals surface area (Å²) in [4.78, 5) is 10.9. The van der Waals surface area contributed by atoms with Gasteiger partial charge in [-0.1, -0.05) is 42.5 Å². The summed E-state index contributed by atoms with van der Waals surface area (Å²) in [6, 6.07) is 12.9. The van der Waals surface area contributed by atoms with Crippen LogP contribution < -0.4 is 9.47 Å². The number of aliphatic hydroxyl groups excluding tert-OH is 2. The van der Waals surface area contributed by atoms with Crippen molar-refractivity contribution in [3.05, 3.63) is 71.8 Å². The van der Waals surface area contributed by atoms with Crippen LogP contribution in [0.4, 0.5) is 8.78 Å². The molecule has 32 heavy (non-hydrogen) atoms. The Labute approximate surface area is 183 Å². The summed E-state index contributed by atoms with van der Waals surface area (Å²) in [7, 11) is 0. The Hall–Kier alpha value is -2.97. The highest BCUT2D eigenvalue weighted by atomic mass is 19.3. The zero-order valence-electron chi connectivity index (χ0n) is 17.1. The third-order valence-corrected chi connectivity index (χ3v) is 5.95. The maximum Gasteiger partial charge on any atom is 0.428 e. The molecule has 170 valence electrons. The monoisotopic (exact) mass is 446 g/mol. The van der Waals surface area contributed by atoms with Crippen molar-refractivity contribution in [1.29, 1.82) is 0 Å². The van der Waals surface area contributed by atoms with E-state index in [0.29, 0.717) is 18.6 Å². The van der Waals surface area contributed by atoms with Gasteiger partial charge >= 0.3 is 12.1 Å². The van der Waals surface area contributed by atoms with Crippen LogP contribution in [0.2, 0.25) is 0 Å². The second-order valence-corrected chi connectivity index (χ2v) is 8.10. The molecule has 0 radical (unpaired) electrons. The third kappa shape index (κ3) is 4.47. The summed E-state index contributed by atoms with van der Waals surface area (Å²) in [5, 5.41) is 29.5. The van der Waals surface area contributed by atoms with E-state index < -0.39 is 30.2 Å². The van der Waals surface area contributed by atoms with Crippen LogP contribution in [-0.2, 0) is 11.2 Å². The fourth-order valence-corrected chi connectivity index (χ4v) is 4.46. The van der Waals surface area contributed by atoms with Gasteiger partial charge in [-0.05, 0) is 30.2 Å². The van der Waals surface area contributed by atoms with E-state index >= 15 is 0 Å². The normalized spacial score (nSPS) is 25.2. The fourth-order valence-electron chi connectivity index (χ4n) is 4.46. The first-order valence-electron chi connectivity index (χ1n) is 10.4. The Kier molecular flexibility index (Phi) is 6.17. The number of alkyl halides is 2. The second-order valence-electron chi connectivity index (χ2n) is 8.10. The van der Waals surface area contributed by atoms with Crippen molar-refractivity contribution in [3.63, 3.8) is 0 Å². The van der Waals surface area contributed by atoms with Gasteiger partial charge in [-0.15, -0.1) is 0 Å². The lowest BCUT2D eigenvalue weighted by atomic mass is 9.86. The molecule has 1 aliphatic carbocycles. The summed E-state index contributed by atoms with van der Waals surface area (Å²) in [5.74, 6) is -1.20. The van der Waals surface area contributed by atoms with Gasteiger partial charge < -0.3 is 24.8 Å². The molecular formula is C24H24F2O6. The maximum atomic E-state index is 14.3. The highest BCUT2D eigenvalue weighted by Crippen LogP contribution is 2.52. The second kappa shape index (κ2) is 8.88. The molecule has 2 aromatic carbocycles. The van der Waals surface area contributed by atoms with Gasteiger partial charge in [0.15, 0.2) is 6.10 Å². The molecule has 2 aliphatic rings. The average molecular weight is 446 g/mol. The Balaban J connectivity index is 1.51. The number of para-hydroxylation sites is 2. The predicted octanol–water partition coefficient (Wildman–Crippen LogP) is 3.52. The Morgan fingerprint density at radius 2 is 1.97 bits per heavy atom. The van der Waals surface area contributed by atoms with Crippen LogP contribution in [0.3, 0.4) is 0 Å². The van der Waals surface area contributed by atoms with Crippen molar-refractivity contribution in [2.75, 3.05) is 0 Å². The Bertz CT molecular complexity index is 993. The first kappa shape index (κ1) is 22.2. The lowest BCUT2D eigenvalue weighted by molar-refractivity contribution is -0.225. The standard InChI is InChI=1S/C24H24F2O6/c25-24(26,32-15-6-2-1-3-7-15)20(28)11-10-16-18(27)13-19-22(16)17-8-4-5-14(23(17)31-19)9-12-21(29)30/h1-8,10-11,16,18-20,22,27-28H,9,12-13H2,(H,29,30)/t16-,18+,19-,20+,22-/m0/s1. The van der Waals surface area contributed by atoms with Gasteiger partial charge in [0.1, 0.15) is 17.6 Å². The van der Waals surface area contributed by atoms with Crippen molar-refractivity contribution in [3.8, 4) is 11.5 Å². The Morgan fingerprint density at radius 1 is 1.22 bits per heavy atom. The van der Waals surface area contributed by atoms with Crippen molar-refractivity contribution < 1.29 is 38.4 Å². The number of hydrogen-bond donors (Lipinski definition) is 3. The molecule has 5 atom stereocenters. The molecule has 4 rings (SSSR count). The molecule has 0 unspecified atom stereocenters. The number of carboxylic acid groups (broad SMARTS) is 1. The molecule has 1 heterocycles. The number of benzene rings is 2. The van der Waals surface area contributed by atoms with E-state index in [-0.39, 0.29) is 24.2 Å². The third-order valence-electron chi connectivity index (χ3n) is 5.95. The molecular weight excluding hydrogens is 422 g/mol. The number of rotatable bonds is 8. The topological polar surface area (TPSA) is 96.2 Å². The van der Waals surface area contributed by atoms with Crippen LogP contribution in [0.1, 0.15) is 29.9 Å². The van der Waals surface area contributed by atoms with Gasteiger partial charge in [0.05, 0.1) is 6.10 Å². The molecule has 3 N–H and O–H groups in total. The summed E-state index contributed by atoms with van der Waals surface area (Å²) < 4.78 is 39.3. The molecule has 2 aromatic rings. The van der Waals surface area contributed by atoms with Gasteiger partial charge in [-0.3, -0.25) is 4.79 Å². The van der Waals surface area contributed by atoms with Gasteiger partial charge in [-0.25, -0.2) is 0 Å². The van der Waals surface area contributed by atoms with E-state index in [1.54, 1.807) is 30.3 Å². The first-order valence-corrected chi connectivity index (χ1v) is 10.4. The number of fused-ring (bicyclic) bond motifs is 3. The smallest absolute Gasteiger partial charge is 0.428 e. The van der Waals surface area contributed by atoms with Crippen LogP contribution >= 0.6 is 0 Å². The largest absolute Gasteiger partial charge is 0.489 e. The number of aliphatic carboxylic acids is 1. The van der Waals surface area contributed by atoms with E-state index in [1.807, 2.05) is 6.07 Å². The number of carboxylic acids is 1. The summed E-state index contributed by atoms with van der Waals surface area (Å²) in [5.41, 5.74) is 1.57. The van der Waals surface area contributed by atoms with E-state index in [4.69, 9.17) is 9.84 Å². The summed E-state index contributed by atoms with van der Waals surface area (Å²) in [6.07, 6.45) is -4.32. The van der Waals surface area contributed by atoms with Gasteiger partial charge in [0.2, 0.25) is 0 Å². The van der Waals surface area contributed by atoms with Crippen LogP contribution in [-0.4, -0.2) is 45.7 Å². The number of carbonyl (C=O) groups is 1.